The van der Waals surface area contributed by atoms with Crippen LogP contribution in [-0.2, 0) is 0 Å². The third kappa shape index (κ3) is 3.86. The number of hydrogen-bond acceptors (Lipinski definition) is 4. The molecule has 1 saturated heterocycles. The lowest BCUT2D eigenvalue weighted by Crippen LogP contribution is -2.50. The first kappa shape index (κ1) is 15.6. The monoisotopic (exact) mass is 310 g/mol. The molecule has 21 heavy (non-hydrogen) atoms. The molecule has 0 spiro atoms. The van der Waals surface area contributed by atoms with Crippen LogP contribution < -0.4 is 5.73 Å². The molecule has 7 heteroatoms. The molecule has 1 aromatic carbocycles. The quantitative estimate of drug-likeness (QED) is 0.380. The Bertz CT molecular complexity index is 554. The molecule has 0 unspecified atom stereocenters. The number of nitrogens with zero attached hydrogens (tertiary/aromatic N) is 3. The Morgan fingerprint density at radius 3 is 2.62 bits per heavy atom. The Labute approximate surface area is 128 Å². The van der Waals surface area contributed by atoms with Crippen molar-refractivity contribution >= 4 is 23.3 Å². The summed E-state index contributed by atoms with van der Waals surface area (Å²) in [6.07, 6.45) is 0. The van der Waals surface area contributed by atoms with Crippen LogP contribution in [0.2, 0.25) is 5.02 Å². The van der Waals surface area contributed by atoms with Crippen LogP contribution in [0.1, 0.15) is 15.9 Å². The van der Waals surface area contributed by atoms with Gasteiger partial charge in [0.2, 0.25) is 0 Å². The number of piperazine rings is 1. The maximum atomic E-state index is 12.4. The second-order valence-corrected chi connectivity index (χ2v) is 5.53. The molecule has 114 valence electrons. The first-order chi connectivity index (χ1) is 10.0. The molecule has 0 bridgehead atoms. The summed E-state index contributed by atoms with van der Waals surface area (Å²) in [4.78, 5) is 16.2. The molecular weight excluding hydrogens is 292 g/mol. The minimum absolute atomic E-state index is 0.0136. The van der Waals surface area contributed by atoms with Crippen molar-refractivity contribution in [1.82, 2.24) is 9.80 Å². The van der Waals surface area contributed by atoms with Gasteiger partial charge in [0, 0.05) is 36.8 Å². The van der Waals surface area contributed by atoms with Gasteiger partial charge >= 0.3 is 0 Å². The summed E-state index contributed by atoms with van der Waals surface area (Å²) in [5.41, 5.74) is 7.05. The number of halogens is 1. The molecule has 6 nitrogen and oxygen atoms in total. The summed E-state index contributed by atoms with van der Waals surface area (Å²) < 4.78 is 0. The highest BCUT2D eigenvalue weighted by molar-refractivity contribution is 6.31. The van der Waals surface area contributed by atoms with Gasteiger partial charge in [-0.25, -0.2) is 0 Å². The Morgan fingerprint density at radius 2 is 2.05 bits per heavy atom. The van der Waals surface area contributed by atoms with Gasteiger partial charge in [0.15, 0.2) is 5.84 Å². The van der Waals surface area contributed by atoms with Crippen molar-refractivity contribution in [2.24, 2.45) is 10.9 Å². The number of oxime groups is 1. The molecule has 1 heterocycles. The van der Waals surface area contributed by atoms with E-state index in [-0.39, 0.29) is 11.7 Å². The summed E-state index contributed by atoms with van der Waals surface area (Å²) in [6.45, 7) is 4.94. The van der Waals surface area contributed by atoms with Gasteiger partial charge in [-0.05, 0) is 24.6 Å². The van der Waals surface area contributed by atoms with Gasteiger partial charge in [0.1, 0.15) is 0 Å². The van der Waals surface area contributed by atoms with E-state index < -0.39 is 0 Å². The minimum Gasteiger partial charge on any atom is -0.409 e. The van der Waals surface area contributed by atoms with E-state index in [1.54, 1.807) is 17.0 Å². The molecule has 0 atom stereocenters. The number of aryl methyl sites for hydroxylation is 1. The van der Waals surface area contributed by atoms with E-state index in [1.165, 1.54) is 0 Å². The van der Waals surface area contributed by atoms with E-state index >= 15 is 0 Å². The predicted octanol–water partition coefficient (Wildman–Crippen LogP) is 1.15. The van der Waals surface area contributed by atoms with Crippen LogP contribution in [0.25, 0.3) is 0 Å². The average Bonchev–Trinajstić information content (AvgIpc) is 2.50. The van der Waals surface area contributed by atoms with Crippen LogP contribution in [-0.4, -0.2) is 59.5 Å². The Morgan fingerprint density at radius 1 is 1.38 bits per heavy atom. The number of hydrogen-bond donors (Lipinski definition) is 2. The van der Waals surface area contributed by atoms with Crippen LogP contribution in [0.4, 0.5) is 0 Å². The third-order valence-corrected chi connectivity index (χ3v) is 4.00. The molecule has 0 saturated carbocycles. The molecule has 2 rings (SSSR count). The smallest absolute Gasteiger partial charge is 0.253 e. The number of rotatable bonds is 3. The maximum Gasteiger partial charge on any atom is 0.253 e. The van der Waals surface area contributed by atoms with E-state index in [0.29, 0.717) is 43.3 Å². The van der Waals surface area contributed by atoms with Crippen molar-refractivity contribution in [1.29, 1.82) is 0 Å². The van der Waals surface area contributed by atoms with E-state index in [2.05, 4.69) is 5.16 Å². The van der Waals surface area contributed by atoms with Gasteiger partial charge in [-0.3, -0.25) is 9.69 Å². The van der Waals surface area contributed by atoms with Gasteiger partial charge in [0.25, 0.3) is 5.91 Å². The fourth-order valence-corrected chi connectivity index (χ4v) is 2.46. The normalized spacial score (nSPS) is 17.0. The van der Waals surface area contributed by atoms with Crippen LogP contribution in [0, 0.1) is 6.92 Å². The van der Waals surface area contributed by atoms with Crippen molar-refractivity contribution in [3.63, 3.8) is 0 Å². The van der Waals surface area contributed by atoms with E-state index in [0.717, 1.165) is 5.56 Å². The molecule has 3 N–H and O–H groups in total. The van der Waals surface area contributed by atoms with Gasteiger partial charge in [-0.15, -0.1) is 0 Å². The summed E-state index contributed by atoms with van der Waals surface area (Å²) in [5, 5.41) is 12.1. The predicted molar refractivity (Wildman–Crippen MR) is 81.9 cm³/mol. The first-order valence-corrected chi connectivity index (χ1v) is 7.13. The fourth-order valence-electron chi connectivity index (χ4n) is 2.28. The van der Waals surface area contributed by atoms with Crippen molar-refractivity contribution in [2.45, 2.75) is 6.92 Å². The van der Waals surface area contributed by atoms with Crippen molar-refractivity contribution in [3.05, 3.63) is 34.3 Å². The number of carbonyl (C=O) groups is 1. The largest absolute Gasteiger partial charge is 0.409 e. The zero-order valence-corrected chi connectivity index (χ0v) is 12.7. The highest BCUT2D eigenvalue weighted by atomic mass is 35.5. The first-order valence-electron chi connectivity index (χ1n) is 6.75. The lowest BCUT2D eigenvalue weighted by atomic mass is 10.1. The molecule has 0 aromatic heterocycles. The number of benzene rings is 1. The molecule has 0 radical (unpaired) electrons. The highest BCUT2D eigenvalue weighted by Gasteiger charge is 2.22. The molecule has 1 aliphatic heterocycles. The van der Waals surface area contributed by atoms with Gasteiger partial charge in [0.05, 0.1) is 6.54 Å². The van der Waals surface area contributed by atoms with Crippen LogP contribution in [0.5, 0.6) is 0 Å². The second-order valence-electron chi connectivity index (χ2n) is 5.12. The van der Waals surface area contributed by atoms with Crippen LogP contribution >= 0.6 is 11.6 Å². The minimum atomic E-state index is -0.0136. The van der Waals surface area contributed by atoms with E-state index in [1.807, 2.05) is 17.9 Å². The zero-order valence-electron chi connectivity index (χ0n) is 11.9. The highest BCUT2D eigenvalue weighted by Crippen LogP contribution is 2.18. The molecular formula is C14H19ClN4O2. The number of amidine groups is 1. The summed E-state index contributed by atoms with van der Waals surface area (Å²) in [5.74, 6) is 0.167. The molecule has 1 amide bonds. The Kier molecular flexibility index (Phi) is 5.03. The summed E-state index contributed by atoms with van der Waals surface area (Å²) in [7, 11) is 0. The van der Waals surface area contributed by atoms with Crippen molar-refractivity contribution < 1.29 is 10.0 Å². The van der Waals surface area contributed by atoms with Gasteiger partial charge in [-0.2, -0.15) is 0 Å². The molecule has 1 aliphatic rings. The molecule has 1 aromatic rings. The maximum absolute atomic E-state index is 12.4. The van der Waals surface area contributed by atoms with E-state index in [4.69, 9.17) is 22.5 Å². The topological polar surface area (TPSA) is 82.2 Å². The summed E-state index contributed by atoms with van der Waals surface area (Å²) >= 11 is 6.06. The summed E-state index contributed by atoms with van der Waals surface area (Å²) in [6, 6.07) is 5.36. The Balaban J connectivity index is 1.95. The SMILES string of the molecule is Cc1ccc(C(=O)N2CCN(CC(N)=NO)CC2)cc1Cl. The van der Waals surface area contributed by atoms with Crippen molar-refractivity contribution in [3.8, 4) is 0 Å². The fraction of sp³-hybridized carbons (Fsp3) is 0.429. The number of amides is 1. The van der Waals surface area contributed by atoms with Crippen molar-refractivity contribution in [2.75, 3.05) is 32.7 Å². The lowest BCUT2D eigenvalue weighted by molar-refractivity contribution is 0.0653. The van der Waals surface area contributed by atoms with Gasteiger partial charge in [-0.1, -0.05) is 22.8 Å². The number of carbonyl (C=O) groups excluding carboxylic acids is 1. The average molecular weight is 311 g/mol. The third-order valence-electron chi connectivity index (χ3n) is 3.59. The zero-order chi connectivity index (χ0) is 15.4. The Hall–Kier alpha value is -1.79. The second kappa shape index (κ2) is 6.78. The molecule has 1 fully saturated rings. The standard InChI is InChI=1S/C14H19ClN4O2/c1-10-2-3-11(8-12(10)15)14(20)19-6-4-18(5-7-19)9-13(16)17-21/h2-3,8,21H,4-7,9H2,1H3,(H2,16,17). The lowest BCUT2D eigenvalue weighted by Gasteiger charge is -2.34. The van der Waals surface area contributed by atoms with Crippen LogP contribution in [0.3, 0.4) is 0 Å². The molecule has 0 aliphatic carbocycles. The van der Waals surface area contributed by atoms with Gasteiger partial charge < -0.3 is 15.8 Å². The number of nitrogens with two attached hydrogens (primary N) is 1. The van der Waals surface area contributed by atoms with E-state index in [9.17, 15) is 4.79 Å². The van der Waals surface area contributed by atoms with Crippen LogP contribution in [0.15, 0.2) is 23.4 Å².